The molecule has 1 unspecified atom stereocenters. The summed E-state index contributed by atoms with van der Waals surface area (Å²) in [6.45, 7) is 13.5. The van der Waals surface area contributed by atoms with E-state index >= 15 is 0 Å². The van der Waals surface area contributed by atoms with Gasteiger partial charge in [-0.3, -0.25) is 0 Å². The van der Waals surface area contributed by atoms with Crippen LogP contribution in [0.25, 0.3) is 0 Å². The molecule has 0 aliphatic carbocycles. The van der Waals surface area contributed by atoms with Gasteiger partial charge in [-0.05, 0) is 61.8 Å². The van der Waals surface area contributed by atoms with Crippen LogP contribution >= 0.6 is 0 Å². The van der Waals surface area contributed by atoms with E-state index in [2.05, 4.69) is 48.6 Å². The normalized spacial score (nSPS) is 16.8. The average Bonchev–Trinajstić information content (AvgIpc) is 2.64. The molecule has 1 aliphatic heterocycles. The number of allylic oxidation sites excluding steroid dienone is 1. The molecule has 4 nitrogen and oxygen atoms in total. The zero-order chi connectivity index (χ0) is 19.9. The molecule has 1 N–H and O–H groups in total. The summed E-state index contributed by atoms with van der Waals surface area (Å²) in [6.07, 6.45) is 8.97. The lowest BCUT2D eigenvalue weighted by molar-refractivity contribution is 0.198. The van der Waals surface area contributed by atoms with Gasteiger partial charge in [0, 0.05) is 31.0 Å². The highest BCUT2D eigenvalue weighted by molar-refractivity contribution is 5.27. The van der Waals surface area contributed by atoms with Crippen LogP contribution in [0.1, 0.15) is 76.6 Å². The largest absolute Gasteiger partial charge is 0.375 e. The maximum absolute atomic E-state index is 9.04. The van der Waals surface area contributed by atoms with Crippen molar-refractivity contribution in [3.63, 3.8) is 0 Å². The second kappa shape index (κ2) is 9.90. The predicted molar refractivity (Wildman–Crippen MR) is 112 cm³/mol. The number of aromatic nitrogens is 1. The SMILES string of the molecule is C=C(CC(C)(C)C)N1CCC(CCCC(NC)c2ccnc(C#N)c2)CC1. The second-order valence-electron chi connectivity index (χ2n) is 9.09. The lowest BCUT2D eigenvalue weighted by Crippen LogP contribution is -2.34. The first-order chi connectivity index (χ1) is 12.8. The van der Waals surface area contributed by atoms with Gasteiger partial charge in [-0.25, -0.2) is 4.98 Å². The number of nitriles is 1. The molecule has 1 aromatic heterocycles. The first-order valence-corrected chi connectivity index (χ1v) is 10.3. The summed E-state index contributed by atoms with van der Waals surface area (Å²) < 4.78 is 0. The van der Waals surface area contributed by atoms with Crippen LogP contribution in [0.4, 0.5) is 0 Å². The van der Waals surface area contributed by atoms with Crippen LogP contribution in [0.2, 0.25) is 0 Å². The van der Waals surface area contributed by atoms with E-state index in [1.54, 1.807) is 6.20 Å². The minimum Gasteiger partial charge on any atom is -0.375 e. The molecule has 0 spiro atoms. The fraction of sp³-hybridized carbons (Fsp3) is 0.652. The Hall–Kier alpha value is -1.86. The third-order valence-corrected chi connectivity index (χ3v) is 5.55. The van der Waals surface area contributed by atoms with E-state index in [4.69, 9.17) is 5.26 Å². The van der Waals surface area contributed by atoms with Gasteiger partial charge in [0.15, 0.2) is 0 Å². The monoisotopic (exact) mass is 368 g/mol. The molecule has 0 aromatic carbocycles. The summed E-state index contributed by atoms with van der Waals surface area (Å²) in [7, 11) is 2.00. The summed E-state index contributed by atoms with van der Waals surface area (Å²) in [5, 5.41) is 12.4. The summed E-state index contributed by atoms with van der Waals surface area (Å²) >= 11 is 0. The Kier molecular flexibility index (Phi) is 7.86. The fourth-order valence-corrected chi connectivity index (χ4v) is 4.07. The number of hydrogen-bond donors (Lipinski definition) is 1. The van der Waals surface area contributed by atoms with Gasteiger partial charge >= 0.3 is 0 Å². The molecule has 4 heteroatoms. The molecule has 2 rings (SSSR count). The standard InChI is InChI=1S/C23H36N4/c1-18(16-23(2,3)4)27-13-10-19(11-14-27)7-6-8-22(25-5)20-9-12-26-21(15-20)17-24/h9,12,15,19,22,25H,1,6-8,10-11,13-14,16H2,2-5H3. The third kappa shape index (κ3) is 6.99. The van der Waals surface area contributed by atoms with Crippen LogP contribution in [-0.2, 0) is 0 Å². The van der Waals surface area contributed by atoms with Crippen LogP contribution in [0.3, 0.4) is 0 Å². The highest BCUT2D eigenvalue weighted by Gasteiger charge is 2.22. The number of nitrogens with one attached hydrogen (secondary N) is 1. The molecule has 1 fully saturated rings. The molecule has 148 valence electrons. The van der Waals surface area contributed by atoms with E-state index in [1.807, 2.05) is 19.2 Å². The molecule has 1 aliphatic rings. The summed E-state index contributed by atoms with van der Waals surface area (Å²) in [4.78, 5) is 6.57. The van der Waals surface area contributed by atoms with Crippen LogP contribution in [0.15, 0.2) is 30.6 Å². The first-order valence-electron chi connectivity index (χ1n) is 10.3. The molecular weight excluding hydrogens is 332 g/mol. The minimum absolute atomic E-state index is 0.298. The molecule has 0 bridgehead atoms. The van der Waals surface area contributed by atoms with Crippen molar-refractivity contribution < 1.29 is 0 Å². The smallest absolute Gasteiger partial charge is 0.140 e. The number of rotatable bonds is 8. The Morgan fingerprint density at radius 3 is 2.70 bits per heavy atom. The summed E-state index contributed by atoms with van der Waals surface area (Å²) in [6, 6.07) is 6.35. The van der Waals surface area contributed by atoms with E-state index in [0.29, 0.717) is 17.2 Å². The molecule has 0 radical (unpaired) electrons. The molecule has 27 heavy (non-hydrogen) atoms. The fourth-order valence-electron chi connectivity index (χ4n) is 4.07. The zero-order valence-corrected chi connectivity index (χ0v) is 17.6. The quantitative estimate of drug-likeness (QED) is 0.698. The van der Waals surface area contributed by atoms with Gasteiger partial charge in [0.05, 0.1) is 0 Å². The predicted octanol–water partition coefficient (Wildman–Crippen LogP) is 5.05. The lowest BCUT2D eigenvalue weighted by atomic mass is 9.87. The number of nitrogens with zero attached hydrogens (tertiary/aromatic N) is 3. The Labute approximate surface area is 165 Å². The van der Waals surface area contributed by atoms with Gasteiger partial charge in [-0.2, -0.15) is 5.26 Å². The van der Waals surface area contributed by atoms with Gasteiger partial charge < -0.3 is 10.2 Å². The zero-order valence-electron chi connectivity index (χ0n) is 17.6. The van der Waals surface area contributed by atoms with Crippen molar-refractivity contribution in [1.29, 1.82) is 5.26 Å². The highest BCUT2D eigenvalue weighted by Crippen LogP contribution is 2.30. The van der Waals surface area contributed by atoms with Crippen molar-refractivity contribution in [3.05, 3.63) is 41.9 Å². The van der Waals surface area contributed by atoms with Crippen molar-refractivity contribution >= 4 is 0 Å². The Morgan fingerprint density at radius 1 is 1.41 bits per heavy atom. The van der Waals surface area contributed by atoms with Crippen molar-refractivity contribution in [3.8, 4) is 6.07 Å². The van der Waals surface area contributed by atoms with E-state index in [9.17, 15) is 0 Å². The average molecular weight is 369 g/mol. The van der Waals surface area contributed by atoms with E-state index < -0.39 is 0 Å². The van der Waals surface area contributed by atoms with E-state index in [0.717, 1.165) is 37.4 Å². The summed E-state index contributed by atoms with van der Waals surface area (Å²) in [5.41, 5.74) is 3.28. The molecule has 1 saturated heterocycles. The number of piperidine rings is 1. The molecule has 0 amide bonds. The van der Waals surface area contributed by atoms with Gasteiger partial charge in [-0.15, -0.1) is 0 Å². The first kappa shape index (κ1) is 21.4. The van der Waals surface area contributed by atoms with Crippen molar-refractivity contribution in [2.24, 2.45) is 11.3 Å². The molecule has 2 heterocycles. The molecule has 0 saturated carbocycles. The third-order valence-electron chi connectivity index (χ3n) is 5.55. The van der Waals surface area contributed by atoms with Crippen molar-refractivity contribution in [2.45, 2.75) is 65.3 Å². The van der Waals surface area contributed by atoms with Crippen molar-refractivity contribution in [2.75, 3.05) is 20.1 Å². The minimum atomic E-state index is 0.298. The molecule has 1 aromatic rings. The topological polar surface area (TPSA) is 52.0 Å². The van der Waals surface area contributed by atoms with Gasteiger partial charge in [0.2, 0.25) is 0 Å². The van der Waals surface area contributed by atoms with Gasteiger partial charge in [0.1, 0.15) is 11.8 Å². The van der Waals surface area contributed by atoms with Crippen LogP contribution < -0.4 is 5.32 Å². The Balaban J connectivity index is 1.74. The van der Waals surface area contributed by atoms with Gasteiger partial charge in [0.25, 0.3) is 0 Å². The Morgan fingerprint density at radius 2 is 2.11 bits per heavy atom. The number of pyridine rings is 1. The molecule has 1 atom stereocenters. The summed E-state index contributed by atoms with van der Waals surface area (Å²) in [5.74, 6) is 0.827. The van der Waals surface area contributed by atoms with E-state index in [-0.39, 0.29) is 0 Å². The van der Waals surface area contributed by atoms with Crippen LogP contribution in [-0.4, -0.2) is 30.0 Å². The maximum Gasteiger partial charge on any atom is 0.140 e. The lowest BCUT2D eigenvalue weighted by Gasteiger charge is -2.37. The van der Waals surface area contributed by atoms with Crippen molar-refractivity contribution in [1.82, 2.24) is 15.2 Å². The number of likely N-dealkylation sites (tertiary alicyclic amines) is 1. The molecular formula is C23H36N4. The van der Waals surface area contributed by atoms with Crippen LogP contribution in [0.5, 0.6) is 0 Å². The Bertz CT molecular complexity index is 645. The van der Waals surface area contributed by atoms with Gasteiger partial charge in [-0.1, -0.05) is 40.2 Å². The number of hydrogen-bond acceptors (Lipinski definition) is 4. The van der Waals surface area contributed by atoms with E-state index in [1.165, 1.54) is 31.4 Å². The maximum atomic E-state index is 9.04. The highest BCUT2D eigenvalue weighted by atomic mass is 15.1. The van der Waals surface area contributed by atoms with Crippen LogP contribution in [0, 0.1) is 22.7 Å². The second-order valence-corrected chi connectivity index (χ2v) is 9.09.